The van der Waals surface area contributed by atoms with E-state index in [4.69, 9.17) is 0 Å². The third-order valence-electron chi connectivity index (χ3n) is 4.54. The number of nitrogens with one attached hydrogen (secondary N) is 1. The molecule has 4 heteroatoms. The second-order valence-electron chi connectivity index (χ2n) is 6.20. The first-order valence-corrected chi connectivity index (χ1v) is 9.25. The van der Waals surface area contributed by atoms with E-state index >= 15 is 0 Å². The Kier molecular flexibility index (Phi) is 5.58. The maximum absolute atomic E-state index is 10.3. The van der Waals surface area contributed by atoms with Gasteiger partial charge in [0.2, 0.25) is 0 Å². The third kappa shape index (κ3) is 4.46. The zero-order chi connectivity index (χ0) is 14.5. The minimum absolute atomic E-state index is 0.259. The average molecular weight is 306 g/mol. The summed E-state index contributed by atoms with van der Waals surface area (Å²) in [7, 11) is 0. The van der Waals surface area contributed by atoms with Crippen molar-refractivity contribution in [3.05, 3.63) is 35.4 Å². The molecule has 1 unspecified atom stereocenters. The highest BCUT2D eigenvalue weighted by molar-refractivity contribution is 7.99. The standard InChI is InChI=1S/C17H26N2OS/c20-17(11-18-16-6-9-21-10-7-16)13-19-8-5-14-3-1-2-4-15(14)12-19/h1-4,16-18,20H,5-13H2. The van der Waals surface area contributed by atoms with Crippen molar-refractivity contribution in [1.29, 1.82) is 0 Å². The lowest BCUT2D eigenvalue weighted by molar-refractivity contribution is 0.101. The highest BCUT2D eigenvalue weighted by Crippen LogP contribution is 2.19. The second kappa shape index (κ2) is 7.63. The third-order valence-corrected chi connectivity index (χ3v) is 5.59. The molecule has 0 bridgehead atoms. The van der Waals surface area contributed by atoms with Crippen LogP contribution in [0.1, 0.15) is 24.0 Å². The SMILES string of the molecule is OC(CNC1CCSCC1)CN1CCc2ccccc2C1. The normalized spacial score (nSPS) is 22.0. The van der Waals surface area contributed by atoms with Crippen LogP contribution in [0.15, 0.2) is 24.3 Å². The van der Waals surface area contributed by atoms with E-state index in [-0.39, 0.29) is 6.10 Å². The minimum Gasteiger partial charge on any atom is -0.390 e. The summed E-state index contributed by atoms with van der Waals surface area (Å²) in [5.74, 6) is 2.52. The molecule has 1 fully saturated rings. The zero-order valence-electron chi connectivity index (χ0n) is 12.6. The van der Waals surface area contributed by atoms with Crippen LogP contribution in [-0.4, -0.2) is 53.3 Å². The molecule has 0 spiro atoms. The van der Waals surface area contributed by atoms with Gasteiger partial charge in [-0.2, -0.15) is 11.8 Å². The van der Waals surface area contributed by atoms with Crippen molar-refractivity contribution in [3.63, 3.8) is 0 Å². The van der Waals surface area contributed by atoms with Gasteiger partial charge in [-0.1, -0.05) is 24.3 Å². The van der Waals surface area contributed by atoms with Gasteiger partial charge in [-0.25, -0.2) is 0 Å². The van der Waals surface area contributed by atoms with E-state index in [0.717, 1.165) is 32.6 Å². The van der Waals surface area contributed by atoms with Gasteiger partial charge in [0, 0.05) is 32.2 Å². The molecule has 0 saturated carbocycles. The highest BCUT2D eigenvalue weighted by atomic mass is 32.2. The summed E-state index contributed by atoms with van der Waals surface area (Å²) in [5, 5.41) is 13.8. The Labute approximate surface area is 132 Å². The number of aliphatic hydroxyl groups is 1. The van der Waals surface area contributed by atoms with Gasteiger partial charge in [0.25, 0.3) is 0 Å². The molecular weight excluding hydrogens is 280 g/mol. The largest absolute Gasteiger partial charge is 0.390 e. The smallest absolute Gasteiger partial charge is 0.0791 e. The van der Waals surface area contributed by atoms with Crippen molar-refractivity contribution >= 4 is 11.8 Å². The van der Waals surface area contributed by atoms with Gasteiger partial charge < -0.3 is 10.4 Å². The Hall–Kier alpha value is -0.550. The van der Waals surface area contributed by atoms with Crippen molar-refractivity contribution in [2.75, 3.05) is 31.1 Å². The topological polar surface area (TPSA) is 35.5 Å². The van der Waals surface area contributed by atoms with Gasteiger partial charge in [0.15, 0.2) is 0 Å². The number of thioether (sulfide) groups is 1. The zero-order valence-corrected chi connectivity index (χ0v) is 13.4. The maximum Gasteiger partial charge on any atom is 0.0791 e. The number of hydrogen-bond acceptors (Lipinski definition) is 4. The number of β-amino-alcohol motifs (C(OH)–C–C–N with tert-alkyl or cyclic N) is 1. The van der Waals surface area contributed by atoms with Crippen LogP contribution < -0.4 is 5.32 Å². The van der Waals surface area contributed by atoms with E-state index < -0.39 is 0 Å². The molecule has 1 aromatic rings. The van der Waals surface area contributed by atoms with Crippen molar-refractivity contribution in [2.24, 2.45) is 0 Å². The van der Waals surface area contributed by atoms with Gasteiger partial charge in [0.1, 0.15) is 0 Å². The van der Waals surface area contributed by atoms with E-state index in [2.05, 4.69) is 34.5 Å². The maximum atomic E-state index is 10.3. The summed E-state index contributed by atoms with van der Waals surface area (Å²) >= 11 is 2.04. The molecule has 0 amide bonds. The van der Waals surface area contributed by atoms with E-state index in [1.54, 1.807) is 0 Å². The summed E-state index contributed by atoms with van der Waals surface area (Å²) in [6.45, 7) is 3.55. The van der Waals surface area contributed by atoms with Gasteiger partial charge >= 0.3 is 0 Å². The number of nitrogens with zero attached hydrogens (tertiary/aromatic N) is 1. The number of rotatable bonds is 5. The van der Waals surface area contributed by atoms with Crippen LogP contribution in [0.25, 0.3) is 0 Å². The molecule has 2 aliphatic rings. The van der Waals surface area contributed by atoms with Crippen molar-refractivity contribution in [1.82, 2.24) is 10.2 Å². The van der Waals surface area contributed by atoms with Crippen LogP contribution in [-0.2, 0) is 13.0 Å². The van der Waals surface area contributed by atoms with Crippen molar-refractivity contribution in [2.45, 2.75) is 38.0 Å². The lowest BCUT2D eigenvalue weighted by Crippen LogP contribution is -2.43. The predicted molar refractivity (Wildman–Crippen MR) is 89.8 cm³/mol. The second-order valence-corrected chi connectivity index (χ2v) is 7.43. The van der Waals surface area contributed by atoms with Crippen LogP contribution >= 0.6 is 11.8 Å². The summed E-state index contributed by atoms with van der Waals surface area (Å²) in [5.41, 5.74) is 2.90. The van der Waals surface area contributed by atoms with Crippen LogP contribution in [0.4, 0.5) is 0 Å². The number of hydrogen-bond donors (Lipinski definition) is 2. The molecule has 1 aromatic carbocycles. The molecule has 1 saturated heterocycles. The van der Waals surface area contributed by atoms with Crippen molar-refractivity contribution < 1.29 is 5.11 Å². The Bertz CT molecular complexity index is 448. The molecule has 3 rings (SSSR count). The van der Waals surface area contributed by atoms with Crippen molar-refractivity contribution in [3.8, 4) is 0 Å². The first kappa shape index (κ1) is 15.3. The van der Waals surface area contributed by atoms with Gasteiger partial charge in [-0.05, 0) is 41.9 Å². The molecule has 1 atom stereocenters. The molecule has 116 valence electrons. The molecule has 0 aromatic heterocycles. The first-order valence-electron chi connectivity index (χ1n) is 8.09. The Morgan fingerprint density at radius 3 is 2.81 bits per heavy atom. The summed E-state index contributed by atoms with van der Waals surface area (Å²) in [6, 6.07) is 9.29. The molecule has 3 nitrogen and oxygen atoms in total. The van der Waals surface area contributed by atoms with E-state index in [1.807, 2.05) is 11.8 Å². The molecular formula is C17H26N2OS. The quantitative estimate of drug-likeness (QED) is 0.871. The van der Waals surface area contributed by atoms with Gasteiger partial charge in [-0.3, -0.25) is 4.90 Å². The Balaban J connectivity index is 1.42. The van der Waals surface area contributed by atoms with E-state index in [9.17, 15) is 5.11 Å². The molecule has 0 radical (unpaired) electrons. The predicted octanol–water partition coefficient (Wildman–Crippen LogP) is 1.89. The van der Waals surface area contributed by atoms with Gasteiger partial charge in [-0.15, -0.1) is 0 Å². The van der Waals surface area contributed by atoms with E-state index in [0.29, 0.717) is 6.04 Å². The van der Waals surface area contributed by atoms with Crippen LogP contribution in [0.2, 0.25) is 0 Å². The number of benzene rings is 1. The fourth-order valence-corrected chi connectivity index (χ4v) is 4.38. The summed E-state index contributed by atoms with van der Waals surface area (Å²) in [6.07, 6.45) is 3.34. The summed E-state index contributed by atoms with van der Waals surface area (Å²) in [4.78, 5) is 2.38. The molecule has 0 aliphatic carbocycles. The average Bonchev–Trinajstić information content (AvgIpc) is 2.54. The molecule has 21 heavy (non-hydrogen) atoms. The van der Waals surface area contributed by atoms with Crippen LogP contribution in [0.3, 0.4) is 0 Å². The molecule has 2 N–H and O–H groups in total. The molecule has 2 aliphatic heterocycles. The fourth-order valence-electron chi connectivity index (χ4n) is 3.28. The van der Waals surface area contributed by atoms with Gasteiger partial charge in [0.05, 0.1) is 6.10 Å². The highest BCUT2D eigenvalue weighted by Gasteiger charge is 2.19. The first-order chi connectivity index (χ1) is 10.3. The summed E-state index contributed by atoms with van der Waals surface area (Å²) < 4.78 is 0. The molecule has 2 heterocycles. The van der Waals surface area contributed by atoms with Crippen LogP contribution in [0.5, 0.6) is 0 Å². The lowest BCUT2D eigenvalue weighted by Gasteiger charge is -2.31. The minimum atomic E-state index is -0.259. The Morgan fingerprint density at radius 2 is 2.00 bits per heavy atom. The monoisotopic (exact) mass is 306 g/mol. The van der Waals surface area contributed by atoms with Crippen LogP contribution in [0, 0.1) is 0 Å². The fraction of sp³-hybridized carbons (Fsp3) is 0.647. The Morgan fingerprint density at radius 1 is 1.24 bits per heavy atom. The lowest BCUT2D eigenvalue weighted by atomic mass is 10.00. The number of aliphatic hydroxyl groups excluding tert-OH is 1. The van der Waals surface area contributed by atoms with E-state index in [1.165, 1.54) is 35.5 Å². The number of fused-ring (bicyclic) bond motifs is 1.